The summed E-state index contributed by atoms with van der Waals surface area (Å²) in [5, 5.41) is 12.2. The van der Waals surface area contributed by atoms with Crippen molar-refractivity contribution in [3.05, 3.63) is 0 Å². The van der Waals surface area contributed by atoms with Crippen molar-refractivity contribution in [2.24, 2.45) is 5.92 Å². The van der Waals surface area contributed by atoms with Gasteiger partial charge in [0, 0.05) is 0 Å². The van der Waals surface area contributed by atoms with Crippen molar-refractivity contribution in [1.82, 2.24) is 5.32 Å². The van der Waals surface area contributed by atoms with Gasteiger partial charge in [-0.3, -0.25) is 4.79 Å². The molecule has 0 saturated carbocycles. The van der Waals surface area contributed by atoms with Crippen LogP contribution in [-0.2, 0) is 14.3 Å². The molecule has 2 atom stereocenters. The number of unbranched alkanes of at least 4 members (excludes halogenated alkanes) is 1. The van der Waals surface area contributed by atoms with Crippen molar-refractivity contribution in [1.29, 1.82) is 0 Å². The molecule has 0 saturated heterocycles. The highest BCUT2D eigenvalue weighted by Gasteiger charge is 2.24. The molecule has 1 amide bonds. The van der Waals surface area contributed by atoms with Crippen molar-refractivity contribution >= 4 is 11.9 Å². The fourth-order valence-electron chi connectivity index (χ4n) is 1.62. The van der Waals surface area contributed by atoms with Crippen molar-refractivity contribution in [2.75, 3.05) is 7.11 Å². The monoisotopic (exact) mass is 259 g/mol. The minimum absolute atomic E-state index is 0.220. The van der Waals surface area contributed by atoms with Gasteiger partial charge in [-0.1, -0.05) is 33.6 Å². The molecular formula is C13H25NO4. The van der Waals surface area contributed by atoms with Crippen molar-refractivity contribution in [2.45, 2.75) is 58.6 Å². The van der Waals surface area contributed by atoms with Gasteiger partial charge in [0.25, 0.3) is 0 Å². The van der Waals surface area contributed by atoms with Gasteiger partial charge in [0.2, 0.25) is 5.91 Å². The molecule has 0 aromatic heterocycles. The van der Waals surface area contributed by atoms with E-state index in [0.717, 1.165) is 12.8 Å². The summed E-state index contributed by atoms with van der Waals surface area (Å²) in [6.45, 7) is 5.85. The molecule has 0 radical (unpaired) electrons. The Morgan fingerprint density at radius 2 is 1.94 bits per heavy atom. The first kappa shape index (κ1) is 16.9. The highest BCUT2D eigenvalue weighted by atomic mass is 16.5. The van der Waals surface area contributed by atoms with Gasteiger partial charge in [0.15, 0.2) is 0 Å². The molecule has 0 aliphatic rings. The Kier molecular flexibility index (Phi) is 8.37. The fourth-order valence-corrected chi connectivity index (χ4v) is 1.62. The van der Waals surface area contributed by atoms with Crippen LogP contribution >= 0.6 is 0 Å². The number of rotatable bonds is 8. The number of methoxy groups -OCH3 is 1. The van der Waals surface area contributed by atoms with E-state index in [0.29, 0.717) is 12.8 Å². The average Bonchev–Trinajstić information content (AvgIpc) is 2.32. The number of carbonyl (C=O) groups excluding carboxylic acids is 2. The number of aliphatic hydroxyl groups excluding tert-OH is 1. The summed E-state index contributed by atoms with van der Waals surface area (Å²) in [7, 11) is 1.29. The summed E-state index contributed by atoms with van der Waals surface area (Å²) in [6, 6.07) is -0.663. The minimum Gasteiger partial charge on any atom is -0.467 e. The van der Waals surface area contributed by atoms with Crippen LogP contribution in [0.1, 0.15) is 46.5 Å². The van der Waals surface area contributed by atoms with Crippen molar-refractivity contribution in [3.63, 3.8) is 0 Å². The quantitative estimate of drug-likeness (QED) is 0.643. The number of esters is 1. The maximum absolute atomic E-state index is 11.7. The van der Waals surface area contributed by atoms with E-state index in [1.54, 1.807) is 0 Å². The average molecular weight is 259 g/mol. The predicted octanol–water partition coefficient (Wildman–Crippen LogP) is 1.24. The summed E-state index contributed by atoms with van der Waals surface area (Å²) in [5.74, 6) is -0.748. The molecule has 0 unspecified atom stereocenters. The summed E-state index contributed by atoms with van der Waals surface area (Å²) >= 11 is 0. The second-order valence-corrected chi connectivity index (χ2v) is 4.87. The van der Waals surface area contributed by atoms with Gasteiger partial charge in [-0.2, -0.15) is 0 Å². The lowest BCUT2D eigenvalue weighted by Gasteiger charge is -2.19. The van der Waals surface area contributed by atoms with E-state index in [9.17, 15) is 14.7 Å². The lowest BCUT2D eigenvalue weighted by molar-refractivity contribution is -0.146. The Morgan fingerprint density at radius 1 is 1.33 bits per heavy atom. The van der Waals surface area contributed by atoms with Crippen LogP contribution in [-0.4, -0.2) is 36.2 Å². The molecule has 0 aromatic carbocycles. The van der Waals surface area contributed by atoms with Crippen LogP contribution in [0.25, 0.3) is 0 Å². The zero-order chi connectivity index (χ0) is 14.1. The largest absolute Gasteiger partial charge is 0.467 e. The third kappa shape index (κ3) is 6.59. The van der Waals surface area contributed by atoms with Crippen LogP contribution < -0.4 is 5.32 Å². The molecule has 18 heavy (non-hydrogen) atoms. The molecule has 0 heterocycles. The Bertz CT molecular complexity index is 266. The molecule has 0 bridgehead atoms. The molecule has 5 nitrogen and oxygen atoms in total. The molecule has 0 fully saturated rings. The van der Waals surface area contributed by atoms with Gasteiger partial charge < -0.3 is 15.2 Å². The third-order valence-corrected chi connectivity index (χ3v) is 2.65. The van der Waals surface area contributed by atoms with Crippen LogP contribution in [0.4, 0.5) is 0 Å². The SMILES string of the molecule is CCCC[C@@H](NC(=O)[C@@H](O)CC(C)C)C(=O)OC. The Balaban J connectivity index is 4.37. The first-order valence-corrected chi connectivity index (χ1v) is 6.48. The summed E-state index contributed by atoms with van der Waals surface area (Å²) in [6.07, 6.45) is 1.59. The Labute approximate surface area is 109 Å². The zero-order valence-electron chi connectivity index (χ0n) is 11.7. The topological polar surface area (TPSA) is 75.6 Å². The number of hydrogen-bond donors (Lipinski definition) is 2. The minimum atomic E-state index is -1.07. The first-order valence-electron chi connectivity index (χ1n) is 6.48. The Hall–Kier alpha value is -1.10. The van der Waals surface area contributed by atoms with Gasteiger partial charge in [0.05, 0.1) is 7.11 Å². The van der Waals surface area contributed by atoms with Crippen molar-refractivity contribution < 1.29 is 19.4 Å². The fraction of sp³-hybridized carbons (Fsp3) is 0.846. The van der Waals surface area contributed by atoms with E-state index in [1.165, 1.54) is 7.11 Å². The smallest absolute Gasteiger partial charge is 0.328 e. The summed E-state index contributed by atoms with van der Waals surface area (Å²) < 4.78 is 4.64. The van der Waals surface area contributed by atoms with E-state index in [4.69, 9.17) is 0 Å². The van der Waals surface area contributed by atoms with Gasteiger partial charge in [-0.15, -0.1) is 0 Å². The molecule has 0 aliphatic heterocycles. The van der Waals surface area contributed by atoms with Crippen LogP contribution in [0.3, 0.4) is 0 Å². The third-order valence-electron chi connectivity index (χ3n) is 2.65. The number of aliphatic hydroxyl groups is 1. The molecule has 0 spiro atoms. The number of ether oxygens (including phenoxy) is 1. The normalized spacial score (nSPS) is 14.1. The molecule has 0 aliphatic carbocycles. The molecule has 5 heteroatoms. The highest BCUT2D eigenvalue weighted by Crippen LogP contribution is 2.07. The van der Waals surface area contributed by atoms with E-state index < -0.39 is 24.0 Å². The van der Waals surface area contributed by atoms with E-state index in [2.05, 4.69) is 10.1 Å². The molecule has 106 valence electrons. The van der Waals surface area contributed by atoms with Crippen LogP contribution in [0.15, 0.2) is 0 Å². The van der Waals surface area contributed by atoms with Crippen LogP contribution in [0.5, 0.6) is 0 Å². The van der Waals surface area contributed by atoms with Crippen molar-refractivity contribution in [3.8, 4) is 0 Å². The standard InChI is InChI=1S/C13H25NO4/c1-5-6-7-10(13(17)18-4)14-12(16)11(15)8-9(2)3/h9-11,15H,5-8H2,1-4H3,(H,14,16)/t10-,11+/m1/s1. The summed E-state index contributed by atoms with van der Waals surface area (Å²) in [4.78, 5) is 23.2. The van der Waals surface area contributed by atoms with Crippen LogP contribution in [0.2, 0.25) is 0 Å². The predicted molar refractivity (Wildman–Crippen MR) is 68.9 cm³/mol. The maximum atomic E-state index is 11.7. The number of amides is 1. The van der Waals surface area contributed by atoms with Gasteiger partial charge in [-0.05, 0) is 18.8 Å². The molecule has 0 rings (SSSR count). The molecule has 2 N–H and O–H groups in total. The maximum Gasteiger partial charge on any atom is 0.328 e. The highest BCUT2D eigenvalue weighted by molar-refractivity contribution is 5.86. The van der Waals surface area contributed by atoms with Gasteiger partial charge >= 0.3 is 5.97 Å². The van der Waals surface area contributed by atoms with Crippen LogP contribution in [0, 0.1) is 5.92 Å². The molecular weight excluding hydrogens is 234 g/mol. The second-order valence-electron chi connectivity index (χ2n) is 4.87. The first-order chi connectivity index (χ1) is 8.42. The number of hydrogen-bond acceptors (Lipinski definition) is 4. The van der Waals surface area contributed by atoms with E-state index >= 15 is 0 Å². The summed E-state index contributed by atoms with van der Waals surface area (Å²) in [5.41, 5.74) is 0. The molecule has 0 aromatic rings. The van der Waals surface area contributed by atoms with E-state index in [1.807, 2.05) is 20.8 Å². The second kappa shape index (κ2) is 8.91. The number of nitrogens with one attached hydrogen (secondary N) is 1. The van der Waals surface area contributed by atoms with Gasteiger partial charge in [0.1, 0.15) is 12.1 Å². The number of carbonyl (C=O) groups is 2. The lowest BCUT2D eigenvalue weighted by atomic mass is 10.0. The van der Waals surface area contributed by atoms with Gasteiger partial charge in [-0.25, -0.2) is 4.79 Å². The Morgan fingerprint density at radius 3 is 2.39 bits per heavy atom. The van der Waals surface area contributed by atoms with E-state index in [-0.39, 0.29) is 5.92 Å². The zero-order valence-corrected chi connectivity index (χ0v) is 11.7. The lowest BCUT2D eigenvalue weighted by Crippen LogP contribution is -2.46.